The van der Waals surface area contributed by atoms with Crippen molar-refractivity contribution in [1.82, 2.24) is 0 Å². The molecule has 0 saturated heterocycles. The summed E-state index contributed by atoms with van der Waals surface area (Å²) in [5.74, 6) is -1.90. The Morgan fingerprint density at radius 3 is 2.46 bits per heavy atom. The summed E-state index contributed by atoms with van der Waals surface area (Å²) in [5, 5.41) is 0. The van der Waals surface area contributed by atoms with E-state index in [1.807, 2.05) is 0 Å². The number of benzene rings is 1. The van der Waals surface area contributed by atoms with Crippen LogP contribution in [0.1, 0.15) is 31.7 Å². The Bertz CT molecular complexity index is 646. The first-order valence-corrected chi connectivity index (χ1v) is 6.87. The molecule has 0 aromatic heterocycles. The minimum absolute atomic E-state index is 0.0234. The average molecular weight is 346 g/mol. The Morgan fingerprint density at radius 2 is 1.88 bits per heavy atom. The Morgan fingerprint density at radius 1 is 1.25 bits per heavy atom. The third-order valence-corrected chi connectivity index (χ3v) is 2.80. The Balaban J connectivity index is 2.55. The summed E-state index contributed by atoms with van der Waals surface area (Å²) in [7, 11) is 0. The molecule has 130 valence electrons. The van der Waals surface area contributed by atoms with Crippen LogP contribution in [0.3, 0.4) is 0 Å². The van der Waals surface area contributed by atoms with Crippen LogP contribution in [0.15, 0.2) is 18.2 Å². The lowest BCUT2D eigenvalue weighted by atomic mass is 10.2. The summed E-state index contributed by atoms with van der Waals surface area (Å²) in [5.41, 5.74) is -1.53. The number of halogens is 4. The van der Waals surface area contributed by atoms with Crippen LogP contribution in [0.25, 0.3) is 0 Å². The molecular weight excluding hydrogens is 332 g/mol. The number of carbonyl (C=O) groups is 2. The quantitative estimate of drug-likeness (QED) is 0.342. The van der Waals surface area contributed by atoms with Crippen molar-refractivity contribution in [3.63, 3.8) is 0 Å². The highest BCUT2D eigenvalue weighted by atomic mass is 19.4. The van der Waals surface area contributed by atoms with E-state index in [0.717, 1.165) is 12.1 Å². The molecule has 4 nitrogen and oxygen atoms in total. The van der Waals surface area contributed by atoms with Crippen molar-refractivity contribution in [2.45, 2.75) is 38.5 Å². The minimum Gasteiger partial charge on any atom is -0.449 e. The second-order valence-corrected chi connectivity index (χ2v) is 4.74. The van der Waals surface area contributed by atoms with Gasteiger partial charge in [-0.05, 0) is 25.5 Å². The van der Waals surface area contributed by atoms with Gasteiger partial charge in [0, 0.05) is 12.8 Å². The van der Waals surface area contributed by atoms with Crippen LogP contribution in [0.4, 0.5) is 17.6 Å². The molecule has 24 heavy (non-hydrogen) atoms. The molecule has 1 unspecified atom stereocenters. The second kappa shape index (κ2) is 8.34. The zero-order valence-electron chi connectivity index (χ0n) is 12.7. The number of terminal acetylenes is 1. The molecule has 0 amide bonds. The molecule has 0 aliphatic rings. The van der Waals surface area contributed by atoms with Gasteiger partial charge in [-0.1, -0.05) is 12.0 Å². The molecule has 1 rings (SSSR count). The van der Waals surface area contributed by atoms with E-state index in [-0.39, 0.29) is 19.3 Å². The molecule has 1 atom stereocenters. The molecule has 0 aliphatic heterocycles. The second-order valence-electron chi connectivity index (χ2n) is 4.74. The summed E-state index contributed by atoms with van der Waals surface area (Å²) < 4.78 is 60.6. The van der Waals surface area contributed by atoms with Crippen LogP contribution in [-0.4, -0.2) is 18.0 Å². The van der Waals surface area contributed by atoms with Gasteiger partial charge in [0.05, 0.1) is 5.56 Å². The highest BCUT2D eigenvalue weighted by molar-refractivity contribution is 5.74. The number of esters is 2. The topological polar surface area (TPSA) is 52.6 Å². The summed E-state index contributed by atoms with van der Waals surface area (Å²) >= 11 is 0. The van der Waals surface area contributed by atoms with Gasteiger partial charge < -0.3 is 9.47 Å². The maximum Gasteiger partial charge on any atom is 0.419 e. The standard InChI is InChI=1S/C16H14F4O4/c1-3-10(2)23-13(21)8-5-9-14(22)24-12-7-4-6-11(15(12)17)16(18,19)20/h1,4,6-7,10H,5,8-9H2,2H3. The van der Waals surface area contributed by atoms with Gasteiger partial charge >= 0.3 is 18.1 Å². The number of ether oxygens (including phenoxy) is 2. The van der Waals surface area contributed by atoms with Crippen LogP contribution >= 0.6 is 0 Å². The predicted molar refractivity (Wildman–Crippen MR) is 75.3 cm³/mol. The average Bonchev–Trinajstić information content (AvgIpc) is 2.48. The molecule has 0 heterocycles. The van der Waals surface area contributed by atoms with Crippen LogP contribution < -0.4 is 4.74 Å². The molecule has 1 aromatic rings. The molecule has 1 aromatic carbocycles. The smallest absolute Gasteiger partial charge is 0.419 e. The van der Waals surface area contributed by atoms with Gasteiger partial charge in [-0.25, -0.2) is 4.39 Å². The minimum atomic E-state index is -4.90. The predicted octanol–water partition coefficient (Wildman–Crippen LogP) is 3.49. The summed E-state index contributed by atoms with van der Waals surface area (Å²) in [6.07, 6.45) is -0.986. The zero-order valence-corrected chi connectivity index (χ0v) is 12.7. The van der Waals surface area contributed by atoms with E-state index in [4.69, 9.17) is 11.2 Å². The molecule has 0 aliphatic carbocycles. The largest absolute Gasteiger partial charge is 0.449 e. The fourth-order valence-electron chi connectivity index (χ4n) is 1.65. The lowest BCUT2D eigenvalue weighted by Crippen LogP contribution is -2.15. The van der Waals surface area contributed by atoms with Crippen molar-refractivity contribution in [3.8, 4) is 18.1 Å². The third kappa shape index (κ3) is 5.91. The van der Waals surface area contributed by atoms with E-state index in [2.05, 4.69) is 10.7 Å². The van der Waals surface area contributed by atoms with Gasteiger partial charge in [0.25, 0.3) is 0 Å². The van der Waals surface area contributed by atoms with E-state index in [0.29, 0.717) is 6.07 Å². The highest BCUT2D eigenvalue weighted by Crippen LogP contribution is 2.34. The first-order chi connectivity index (χ1) is 11.1. The highest BCUT2D eigenvalue weighted by Gasteiger charge is 2.35. The summed E-state index contributed by atoms with van der Waals surface area (Å²) in [4.78, 5) is 22.8. The summed E-state index contributed by atoms with van der Waals surface area (Å²) in [6, 6.07) is 2.37. The number of rotatable bonds is 6. The molecule has 0 N–H and O–H groups in total. The van der Waals surface area contributed by atoms with Crippen molar-refractivity contribution in [1.29, 1.82) is 0 Å². The maximum absolute atomic E-state index is 13.7. The van der Waals surface area contributed by atoms with Crippen LogP contribution in [0, 0.1) is 18.2 Å². The normalized spacial score (nSPS) is 12.2. The van der Waals surface area contributed by atoms with E-state index in [1.165, 1.54) is 6.92 Å². The Kier molecular flexibility index (Phi) is 6.77. The van der Waals surface area contributed by atoms with Gasteiger partial charge in [0.2, 0.25) is 0 Å². The molecule has 0 bridgehead atoms. The van der Waals surface area contributed by atoms with Gasteiger partial charge in [0.1, 0.15) is 0 Å². The number of hydrogen-bond donors (Lipinski definition) is 0. The van der Waals surface area contributed by atoms with Crippen LogP contribution in [-0.2, 0) is 20.5 Å². The first-order valence-electron chi connectivity index (χ1n) is 6.87. The van der Waals surface area contributed by atoms with Crippen LogP contribution in [0.2, 0.25) is 0 Å². The maximum atomic E-state index is 13.7. The number of carbonyl (C=O) groups excluding carboxylic acids is 2. The number of hydrogen-bond acceptors (Lipinski definition) is 4. The van der Waals surface area contributed by atoms with Crippen molar-refractivity contribution in [2.75, 3.05) is 0 Å². The fourth-order valence-corrected chi connectivity index (χ4v) is 1.65. The van der Waals surface area contributed by atoms with Crippen LogP contribution in [0.5, 0.6) is 5.75 Å². The van der Waals surface area contributed by atoms with E-state index in [1.54, 1.807) is 0 Å². The van der Waals surface area contributed by atoms with E-state index in [9.17, 15) is 27.2 Å². The molecule has 0 fully saturated rings. The first kappa shape index (κ1) is 19.5. The molecular formula is C16H14F4O4. The fraction of sp³-hybridized carbons (Fsp3) is 0.375. The monoisotopic (exact) mass is 346 g/mol. The third-order valence-electron chi connectivity index (χ3n) is 2.80. The zero-order chi connectivity index (χ0) is 18.3. The number of alkyl halides is 3. The molecule has 8 heteroatoms. The van der Waals surface area contributed by atoms with Gasteiger partial charge in [-0.2, -0.15) is 13.2 Å². The van der Waals surface area contributed by atoms with Crippen molar-refractivity contribution < 1.29 is 36.6 Å². The SMILES string of the molecule is C#CC(C)OC(=O)CCCC(=O)Oc1cccc(C(F)(F)F)c1F. The van der Waals surface area contributed by atoms with Crippen molar-refractivity contribution >= 4 is 11.9 Å². The molecule has 0 spiro atoms. The van der Waals surface area contributed by atoms with E-state index < -0.39 is 41.3 Å². The van der Waals surface area contributed by atoms with Gasteiger partial charge in [0.15, 0.2) is 17.7 Å². The Labute approximate surface area is 135 Å². The lowest BCUT2D eigenvalue weighted by Gasteiger charge is -2.11. The molecule has 0 radical (unpaired) electrons. The molecule has 0 saturated carbocycles. The van der Waals surface area contributed by atoms with Crippen molar-refractivity contribution in [2.24, 2.45) is 0 Å². The summed E-state index contributed by atoms with van der Waals surface area (Å²) in [6.45, 7) is 1.49. The van der Waals surface area contributed by atoms with Gasteiger partial charge in [-0.3, -0.25) is 9.59 Å². The van der Waals surface area contributed by atoms with Crippen molar-refractivity contribution in [3.05, 3.63) is 29.6 Å². The van der Waals surface area contributed by atoms with Gasteiger partial charge in [-0.15, -0.1) is 6.42 Å². The van der Waals surface area contributed by atoms with E-state index >= 15 is 0 Å². The lowest BCUT2D eigenvalue weighted by molar-refractivity contribution is -0.146. The Hall–Kier alpha value is -2.56.